The summed E-state index contributed by atoms with van der Waals surface area (Å²) in [4.78, 5) is 12.7. The van der Waals surface area contributed by atoms with Gasteiger partial charge in [-0.25, -0.2) is 4.79 Å². The van der Waals surface area contributed by atoms with Gasteiger partial charge in [-0.1, -0.05) is 79.9 Å². The van der Waals surface area contributed by atoms with Gasteiger partial charge in [0, 0.05) is 0 Å². The number of esters is 1. The highest BCUT2D eigenvalue weighted by Gasteiger charge is 2.31. The van der Waals surface area contributed by atoms with Crippen LogP contribution in [0.3, 0.4) is 0 Å². The largest absolute Gasteiger partial charge is 0.459 e. The van der Waals surface area contributed by atoms with Crippen LogP contribution in [0.25, 0.3) is 0 Å². The smallest absolute Gasteiger partial charge is 0.335 e. The number of carbonyl (C=O) groups excluding carboxylic acids is 1. The first-order chi connectivity index (χ1) is 12.3. The molecule has 2 aromatic carbocycles. The van der Waals surface area contributed by atoms with Crippen LogP contribution < -0.4 is 0 Å². The zero-order valence-corrected chi connectivity index (χ0v) is 14.6. The molecule has 1 aliphatic carbocycles. The summed E-state index contributed by atoms with van der Waals surface area (Å²) >= 11 is 0. The van der Waals surface area contributed by atoms with E-state index in [4.69, 9.17) is 9.47 Å². The minimum atomic E-state index is -0.468. The van der Waals surface area contributed by atoms with Gasteiger partial charge in [-0.3, -0.25) is 0 Å². The van der Waals surface area contributed by atoms with Crippen LogP contribution in [-0.2, 0) is 27.5 Å². The molecule has 0 aliphatic heterocycles. The van der Waals surface area contributed by atoms with E-state index in [9.17, 15) is 4.79 Å². The fraction of sp³-hybridized carbons (Fsp3) is 0.409. The average Bonchev–Trinajstić information content (AvgIpc) is 2.69. The second-order valence-corrected chi connectivity index (χ2v) is 6.71. The highest BCUT2D eigenvalue weighted by Crippen LogP contribution is 2.29. The van der Waals surface area contributed by atoms with Gasteiger partial charge in [0.25, 0.3) is 0 Å². The molecule has 0 aromatic heterocycles. The van der Waals surface area contributed by atoms with Gasteiger partial charge in [-0.15, -0.1) is 0 Å². The SMILES string of the molecule is O=C(OCc1ccccc1)C(OCc1ccccc1)C1CCCCC1. The molecule has 0 spiro atoms. The Morgan fingerprint density at radius 1 is 0.840 bits per heavy atom. The summed E-state index contributed by atoms with van der Waals surface area (Å²) in [5.41, 5.74) is 2.08. The van der Waals surface area contributed by atoms with Gasteiger partial charge in [-0.05, 0) is 29.9 Å². The Morgan fingerprint density at radius 3 is 2.00 bits per heavy atom. The number of hydrogen-bond acceptors (Lipinski definition) is 3. The summed E-state index contributed by atoms with van der Waals surface area (Å²) in [5, 5.41) is 0. The monoisotopic (exact) mass is 338 g/mol. The molecule has 1 unspecified atom stereocenters. The maximum Gasteiger partial charge on any atom is 0.335 e. The zero-order chi connectivity index (χ0) is 17.3. The van der Waals surface area contributed by atoms with Crippen molar-refractivity contribution in [2.75, 3.05) is 0 Å². The molecule has 0 bridgehead atoms. The van der Waals surface area contributed by atoms with Crippen molar-refractivity contribution in [2.45, 2.75) is 51.4 Å². The Bertz CT molecular complexity index is 633. The van der Waals surface area contributed by atoms with E-state index in [1.807, 2.05) is 60.7 Å². The minimum absolute atomic E-state index is 0.230. The molecule has 0 saturated heterocycles. The quantitative estimate of drug-likeness (QED) is 0.674. The maximum absolute atomic E-state index is 12.7. The van der Waals surface area contributed by atoms with E-state index >= 15 is 0 Å². The number of hydrogen-bond donors (Lipinski definition) is 0. The molecule has 25 heavy (non-hydrogen) atoms. The lowest BCUT2D eigenvalue weighted by Gasteiger charge is -2.28. The average molecular weight is 338 g/mol. The van der Waals surface area contributed by atoms with Gasteiger partial charge >= 0.3 is 5.97 Å². The lowest BCUT2D eigenvalue weighted by atomic mass is 9.85. The third-order valence-electron chi connectivity index (χ3n) is 4.81. The fourth-order valence-corrected chi connectivity index (χ4v) is 3.40. The number of benzene rings is 2. The van der Waals surface area contributed by atoms with Crippen molar-refractivity contribution in [3.8, 4) is 0 Å². The highest BCUT2D eigenvalue weighted by molar-refractivity contribution is 5.75. The van der Waals surface area contributed by atoms with Crippen molar-refractivity contribution >= 4 is 5.97 Å². The lowest BCUT2D eigenvalue weighted by Crippen LogP contribution is -2.35. The summed E-state index contributed by atoms with van der Waals surface area (Å²) in [6.45, 7) is 0.750. The molecule has 1 atom stereocenters. The molecule has 3 rings (SSSR count). The third-order valence-corrected chi connectivity index (χ3v) is 4.81. The predicted molar refractivity (Wildman–Crippen MR) is 97.8 cm³/mol. The van der Waals surface area contributed by atoms with Crippen molar-refractivity contribution in [2.24, 2.45) is 5.92 Å². The Morgan fingerprint density at radius 2 is 1.40 bits per heavy atom. The molecule has 3 nitrogen and oxygen atoms in total. The second-order valence-electron chi connectivity index (χ2n) is 6.71. The summed E-state index contributed by atoms with van der Waals surface area (Å²) < 4.78 is 11.6. The standard InChI is InChI=1S/C22H26O3/c23-22(25-17-19-12-6-2-7-13-19)21(20-14-8-3-9-15-20)24-16-18-10-4-1-5-11-18/h1-2,4-7,10-13,20-21H,3,8-9,14-17H2. The molecule has 1 aliphatic rings. The predicted octanol–water partition coefficient (Wildman–Crippen LogP) is 4.90. The van der Waals surface area contributed by atoms with Crippen molar-refractivity contribution in [1.82, 2.24) is 0 Å². The van der Waals surface area contributed by atoms with Gasteiger partial charge in [0.1, 0.15) is 6.61 Å². The van der Waals surface area contributed by atoms with Crippen molar-refractivity contribution < 1.29 is 14.3 Å². The Labute approximate surface area is 150 Å². The van der Waals surface area contributed by atoms with Gasteiger partial charge < -0.3 is 9.47 Å². The number of ether oxygens (including phenoxy) is 2. The summed E-state index contributed by atoms with van der Waals surface area (Å²) in [5.74, 6) is 0.0346. The van der Waals surface area contributed by atoms with Crippen LogP contribution in [0, 0.1) is 5.92 Å². The van der Waals surface area contributed by atoms with E-state index in [2.05, 4.69) is 0 Å². The van der Waals surface area contributed by atoms with Crippen molar-refractivity contribution in [1.29, 1.82) is 0 Å². The molecule has 1 saturated carbocycles. The van der Waals surface area contributed by atoms with E-state index in [1.54, 1.807) is 0 Å². The van der Waals surface area contributed by atoms with Crippen LogP contribution in [0.1, 0.15) is 43.2 Å². The highest BCUT2D eigenvalue weighted by atomic mass is 16.6. The summed E-state index contributed by atoms with van der Waals surface area (Å²) in [6, 6.07) is 19.8. The summed E-state index contributed by atoms with van der Waals surface area (Å²) in [6.07, 6.45) is 5.20. The molecule has 1 fully saturated rings. The van der Waals surface area contributed by atoms with Gasteiger partial charge in [0.15, 0.2) is 6.10 Å². The molecule has 132 valence electrons. The lowest BCUT2D eigenvalue weighted by molar-refractivity contribution is -0.164. The van der Waals surface area contributed by atoms with Crippen LogP contribution in [0.4, 0.5) is 0 Å². The van der Waals surface area contributed by atoms with Crippen molar-refractivity contribution in [3.63, 3.8) is 0 Å². The van der Waals surface area contributed by atoms with E-state index in [0.717, 1.165) is 24.0 Å². The third kappa shape index (κ3) is 5.43. The van der Waals surface area contributed by atoms with E-state index in [-0.39, 0.29) is 11.9 Å². The van der Waals surface area contributed by atoms with Crippen molar-refractivity contribution in [3.05, 3.63) is 71.8 Å². The van der Waals surface area contributed by atoms with E-state index < -0.39 is 6.10 Å². The Hall–Kier alpha value is -2.13. The molecule has 2 aromatic rings. The van der Waals surface area contributed by atoms with Gasteiger partial charge in [0.05, 0.1) is 6.61 Å². The molecular weight excluding hydrogens is 312 g/mol. The summed E-state index contributed by atoms with van der Waals surface area (Å²) in [7, 11) is 0. The minimum Gasteiger partial charge on any atom is -0.459 e. The number of rotatable bonds is 7. The topological polar surface area (TPSA) is 35.5 Å². The molecule has 0 N–H and O–H groups in total. The first-order valence-corrected chi connectivity index (χ1v) is 9.19. The van der Waals surface area contributed by atoms with Crippen LogP contribution in [0.5, 0.6) is 0 Å². The number of carbonyl (C=O) groups is 1. The van der Waals surface area contributed by atoms with Crippen LogP contribution >= 0.6 is 0 Å². The molecule has 0 heterocycles. The maximum atomic E-state index is 12.7. The molecule has 0 amide bonds. The molecule has 0 radical (unpaired) electrons. The second kappa shape index (κ2) is 9.38. The Balaban J connectivity index is 1.61. The molecule has 3 heteroatoms. The van der Waals surface area contributed by atoms with E-state index in [0.29, 0.717) is 13.2 Å². The first-order valence-electron chi connectivity index (χ1n) is 9.19. The fourth-order valence-electron chi connectivity index (χ4n) is 3.40. The Kier molecular flexibility index (Phi) is 6.63. The van der Waals surface area contributed by atoms with Gasteiger partial charge in [-0.2, -0.15) is 0 Å². The normalized spacial score (nSPS) is 16.3. The van der Waals surface area contributed by atoms with Crippen LogP contribution in [0.2, 0.25) is 0 Å². The van der Waals surface area contributed by atoms with Crippen LogP contribution in [-0.4, -0.2) is 12.1 Å². The van der Waals surface area contributed by atoms with Gasteiger partial charge in [0.2, 0.25) is 0 Å². The first kappa shape index (κ1) is 17.7. The van der Waals surface area contributed by atoms with E-state index in [1.165, 1.54) is 19.3 Å². The molecular formula is C22H26O3. The van der Waals surface area contributed by atoms with Crippen LogP contribution in [0.15, 0.2) is 60.7 Å². The zero-order valence-electron chi connectivity index (χ0n) is 14.6.